The Morgan fingerprint density at radius 2 is 2.00 bits per heavy atom. The van der Waals surface area contributed by atoms with Crippen LogP contribution in [0.3, 0.4) is 0 Å². The van der Waals surface area contributed by atoms with Crippen LogP contribution in [0, 0.1) is 6.92 Å². The van der Waals surface area contributed by atoms with E-state index in [1.54, 1.807) is 12.1 Å². The van der Waals surface area contributed by atoms with Crippen LogP contribution in [0.25, 0.3) is 16.9 Å². The first kappa shape index (κ1) is 17.6. The van der Waals surface area contributed by atoms with Crippen LogP contribution in [0.4, 0.5) is 5.69 Å². The highest BCUT2D eigenvalue weighted by molar-refractivity contribution is 6.32. The zero-order chi connectivity index (χ0) is 20.0. The summed E-state index contributed by atoms with van der Waals surface area (Å²) >= 11 is 6.16. The van der Waals surface area contributed by atoms with Gasteiger partial charge in [-0.2, -0.15) is 0 Å². The van der Waals surface area contributed by atoms with E-state index in [4.69, 9.17) is 26.1 Å². The second-order valence-corrected chi connectivity index (χ2v) is 7.18. The van der Waals surface area contributed by atoms with Gasteiger partial charge in [0.2, 0.25) is 6.79 Å². The van der Waals surface area contributed by atoms with Crippen molar-refractivity contribution in [2.24, 2.45) is 0 Å². The van der Waals surface area contributed by atoms with E-state index >= 15 is 0 Å². The third-order valence-corrected chi connectivity index (χ3v) is 5.09. The molecular formula is C22H16ClN3O3. The summed E-state index contributed by atoms with van der Waals surface area (Å²) in [7, 11) is 0. The Morgan fingerprint density at radius 3 is 2.79 bits per heavy atom. The lowest BCUT2D eigenvalue weighted by molar-refractivity contribution is 0.102. The maximum Gasteiger partial charge on any atom is 0.255 e. The Morgan fingerprint density at radius 1 is 1.17 bits per heavy atom. The van der Waals surface area contributed by atoms with Crippen molar-refractivity contribution in [2.45, 2.75) is 6.92 Å². The molecule has 0 aliphatic carbocycles. The lowest BCUT2D eigenvalue weighted by Gasteiger charge is -2.08. The number of hydrogen-bond acceptors (Lipinski definition) is 4. The monoisotopic (exact) mass is 405 g/mol. The molecule has 0 radical (unpaired) electrons. The Bertz CT molecular complexity index is 1250. The molecule has 1 N–H and O–H groups in total. The van der Waals surface area contributed by atoms with Crippen molar-refractivity contribution in [2.75, 3.05) is 12.1 Å². The number of carbonyl (C=O) groups is 1. The van der Waals surface area contributed by atoms with E-state index in [0.717, 1.165) is 22.5 Å². The fourth-order valence-corrected chi connectivity index (χ4v) is 3.58. The average molecular weight is 406 g/mol. The van der Waals surface area contributed by atoms with Gasteiger partial charge in [0.05, 0.1) is 10.7 Å². The van der Waals surface area contributed by atoms with Crippen molar-refractivity contribution in [1.82, 2.24) is 9.38 Å². The van der Waals surface area contributed by atoms with Gasteiger partial charge in [0.1, 0.15) is 5.65 Å². The molecule has 0 spiro atoms. The number of rotatable bonds is 3. The Balaban J connectivity index is 1.37. The van der Waals surface area contributed by atoms with Crippen LogP contribution in [0.2, 0.25) is 5.02 Å². The standard InChI is InChI=1S/C22H16ClN3O3/c1-13-3-2-8-26-11-18(25-21(13)26)14-4-6-16(7-5-14)24-22(27)15-9-17(23)20-19(10-15)28-12-29-20/h2-11H,12H2,1H3,(H,24,27). The molecule has 6 nitrogen and oxygen atoms in total. The molecule has 4 aromatic rings. The van der Waals surface area contributed by atoms with Crippen molar-refractivity contribution in [3.63, 3.8) is 0 Å². The van der Waals surface area contributed by atoms with Gasteiger partial charge in [0, 0.05) is 29.2 Å². The minimum atomic E-state index is -0.277. The van der Waals surface area contributed by atoms with Gasteiger partial charge in [-0.3, -0.25) is 4.79 Å². The van der Waals surface area contributed by atoms with Gasteiger partial charge in [-0.1, -0.05) is 29.8 Å². The van der Waals surface area contributed by atoms with Crippen LogP contribution in [0.15, 0.2) is 60.9 Å². The van der Waals surface area contributed by atoms with Gasteiger partial charge < -0.3 is 19.2 Å². The van der Waals surface area contributed by atoms with E-state index in [9.17, 15) is 4.79 Å². The highest BCUT2D eigenvalue weighted by Crippen LogP contribution is 2.39. The molecule has 144 valence electrons. The third-order valence-electron chi connectivity index (χ3n) is 4.81. The molecule has 2 aromatic heterocycles. The summed E-state index contributed by atoms with van der Waals surface area (Å²) in [6.45, 7) is 2.14. The predicted octanol–water partition coefficient (Wildman–Crippen LogP) is 4.94. The van der Waals surface area contributed by atoms with E-state index in [0.29, 0.717) is 27.8 Å². The normalized spacial score (nSPS) is 12.3. The maximum absolute atomic E-state index is 12.6. The van der Waals surface area contributed by atoms with Gasteiger partial charge >= 0.3 is 0 Å². The van der Waals surface area contributed by atoms with Crippen molar-refractivity contribution in [1.29, 1.82) is 0 Å². The van der Waals surface area contributed by atoms with Crippen LogP contribution in [0.5, 0.6) is 11.5 Å². The SMILES string of the molecule is Cc1cccn2cc(-c3ccc(NC(=O)c4cc(Cl)c5c(c4)OCO5)cc3)nc12. The smallest absolute Gasteiger partial charge is 0.255 e. The number of halogens is 1. The van der Waals surface area contributed by atoms with Crippen LogP contribution < -0.4 is 14.8 Å². The molecule has 1 aliphatic heterocycles. The number of pyridine rings is 1. The topological polar surface area (TPSA) is 64.9 Å². The van der Waals surface area contributed by atoms with E-state index in [1.807, 2.05) is 60.1 Å². The third kappa shape index (κ3) is 3.17. The molecule has 1 aliphatic rings. The fourth-order valence-electron chi connectivity index (χ4n) is 3.32. The number of nitrogens with zero attached hydrogens (tertiary/aromatic N) is 2. The van der Waals surface area contributed by atoms with Crippen LogP contribution in [-0.4, -0.2) is 22.1 Å². The average Bonchev–Trinajstić information content (AvgIpc) is 3.36. The molecule has 3 heterocycles. The van der Waals surface area contributed by atoms with E-state index in [2.05, 4.69) is 5.32 Å². The van der Waals surface area contributed by atoms with Gasteiger partial charge in [-0.25, -0.2) is 4.98 Å². The largest absolute Gasteiger partial charge is 0.454 e. The minimum absolute atomic E-state index is 0.101. The number of imidazole rings is 1. The summed E-state index contributed by atoms with van der Waals surface area (Å²) in [6.07, 6.45) is 3.97. The first-order chi connectivity index (χ1) is 14.1. The van der Waals surface area contributed by atoms with E-state index < -0.39 is 0 Å². The van der Waals surface area contributed by atoms with Gasteiger partial charge in [-0.15, -0.1) is 0 Å². The van der Waals surface area contributed by atoms with E-state index in [1.165, 1.54) is 0 Å². The number of anilines is 1. The second-order valence-electron chi connectivity index (χ2n) is 6.77. The number of nitrogens with one attached hydrogen (secondary N) is 1. The highest BCUT2D eigenvalue weighted by Gasteiger charge is 2.20. The maximum atomic E-state index is 12.6. The number of carbonyl (C=O) groups excluding carboxylic acids is 1. The molecule has 0 atom stereocenters. The molecule has 0 saturated carbocycles. The number of amides is 1. The van der Waals surface area contributed by atoms with Crippen LogP contribution in [0.1, 0.15) is 15.9 Å². The van der Waals surface area contributed by atoms with Crippen LogP contribution >= 0.6 is 11.6 Å². The first-order valence-electron chi connectivity index (χ1n) is 9.04. The van der Waals surface area contributed by atoms with Gasteiger partial charge in [-0.05, 0) is 42.8 Å². The van der Waals surface area contributed by atoms with Gasteiger partial charge in [0.25, 0.3) is 5.91 Å². The number of ether oxygens (including phenoxy) is 2. The summed E-state index contributed by atoms with van der Waals surface area (Å²) in [5, 5.41) is 3.22. The summed E-state index contributed by atoms with van der Waals surface area (Å²) in [5.41, 5.74) is 4.97. The molecule has 1 amide bonds. The Labute approximate surface area is 171 Å². The first-order valence-corrected chi connectivity index (χ1v) is 9.41. The summed E-state index contributed by atoms with van der Waals surface area (Å²) in [5.74, 6) is 0.664. The lowest BCUT2D eigenvalue weighted by Crippen LogP contribution is -2.11. The van der Waals surface area contributed by atoms with Crippen molar-refractivity contribution < 1.29 is 14.3 Å². The molecule has 0 unspecified atom stereocenters. The molecule has 0 saturated heterocycles. The molecule has 2 aromatic carbocycles. The summed E-state index contributed by atoms with van der Waals surface area (Å²) < 4.78 is 12.6. The number of benzene rings is 2. The second kappa shape index (κ2) is 6.83. The molecular weight excluding hydrogens is 390 g/mol. The van der Waals surface area contributed by atoms with Crippen LogP contribution in [-0.2, 0) is 0 Å². The Kier molecular flexibility index (Phi) is 4.14. The molecule has 7 heteroatoms. The zero-order valence-corrected chi connectivity index (χ0v) is 16.2. The zero-order valence-electron chi connectivity index (χ0n) is 15.5. The lowest BCUT2D eigenvalue weighted by atomic mass is 10.1. The number of fused-ring (bicyclic) bond motifs is 2. The van der Waals surface area contributed by atoms with E-state index in [-0.39, 0.29) is 12.7 Å². The molecule has 5 rings (SSSR count). The van der Waals surface area contributed by atoms with Crippen molar-refractivity contribution in [3.8, 4) is 22.8 Å². The highest BCUT2D eigenvalue weighted by atomic mass is 35.5. The number of aromatic nitrogens is 2. The summed E-state index contributed by atoms with van der Waals surface area (Å²) in [6, 6.07) is 14.8. The summed E-state index contributed by atoms with van der Waals surface area (Å²) in [4.78, 5) is 17.3. The quantitative estimate of drug-likeness (QED) is 0.524. The van der Waals surface area contributed by atoms with Crippen molar-refractivity contribution in [3.05, 3.63) is 77.1 Å². The Hall–Kier alpha value is -3.51. The number of hydrogen-bond donors (Lipinski definition) is 1. The number of aryl methyl sites for hydroxylation is 1. The molecule has 0 fully saturated rings. The van der Waals surface area contributed by atoms with Crippen molar-refractivity contribution >= 4 is 28.8 Å². The predicted molar refractivity (Wildman–Crippen MR) is 111 cm³/mol. The minimum Gasteiger partial charge on any atom is -0.454 e. The molecule has 0 bridgehead atoms. The fraction of sp³-hybridized carbons (Fsp3) is 0.0909. The van der Waals surface area contributed by atoms with Gasteiger partial charge in [0.15, 0.2) is 11.5 Å². The molecule has 29 heavy (non-hydrogen) atoms.